The van der Waals surface area contributed by atoms with Crippen LogP contribution < -0.4 is 0 Å². The van der Waals surface area contributed by atoms with Gasteiger partial charge in [0.2, 0.25) is 0 Å². The number of phosphoric acid groups is 2. The number of esters is 1. The van der Waals surface area contributed by atoms with Crippen molar-refractivity contribution in [3.8, 4) is 0 Å². The Bertz CT molecular complexity index is 370. The first-order chi connectivity index (χ1) is 8.55. The number of hydrogen-bond acceptors (Lipinski definition) is 6. The molecule has 19 heavy (non-hydrogen) atoms. The largest absolute Gasteiger partial charge is 0.470 e. The van der Waals surface area contributed by atoms with Crippen LogP contribution in [0.15, 0.2) is 0 Å². The number of ether oxygens (including phenoxy) is 1. The second-order valence-electron chi connectivity index (χ2n) is 3.39. The Morgan fingerprint density at radius 3 is 2.16 bits per heavy atom. The van der Waals surface area contributed by atoms with Crippen molar-refractivity contribution in [3.63, 3.8) is 0 Å². The maximum Gasteiger partial charge on any atom is 0.470 e. The highest BCUT2D eigenvalue weighted by molar-refractivity contribution is 7.46. The fraction of sp³-hybridized carbons (Fsp3) is 0.857. The van der Waals surface area contributed by atoms with Gasteiger partial charge in [0.05, 0.1) is 13.2 Å². The highest BCUT2D eigenvalue weighted by Crippen LogP contribution is 2.40. The van der Waals surface area contributed by atoms with Crippen LogP contribution in [0.5, 0.6) is 0 Å². The SMILES string of the molecule is CCCCOC(=O)C(COP(=O)(O)O)OP(=O)(O)O. The molecule has 10 nitrogen and oxygen atoms in total. The molecule has 0 aliphatic heterocycles. The van der Waals surface area contributed by atoms with Gasteiger partial charge in [0, 0.05) is 0 Å². The summed E-state index contributed by atoms with van der Waals surface area (Å²) in [7, 11) is -9.93. The minimum atomic E-state index is -5.03. The van der Waals surface area contributed by atoms with Gasteiger partial charge in [0.1, 0.15) is 0 Å². The second-order valence-corrected chi connectivity index (χ2v) is 5.82. The molecule has 1 atom stereocenters. The van der Waals surface area contributed by atoms with Gasteiger partial charge in [0.15, 0.2) is 6.10 Å². The predicted octanol–water partition coefficient (Wildman–Crippen LogP) is -0.0831. The molecule has 0 aliphatic rings. The lowest BCUT2D eigenvalue weighted by Gasteiger charge is -2.17. The average Bonchev–Trinajstić information content (AvgIpc) is 2.21. The molecule has 12 heteroatoms. The smallest absolute Gasteiger partial charge is 0.464 e. The van der Waals surface area contributed by atoms with Crippen molar-refractivity contribution >= 4 is 21.6 Å². The molecule has 0 aromatic heterocycles. The first-order valence-electron chi connectivity index (χ1n) is 5.16. The standard InChI is InChI=1S/C7H16O10P2/c1-2-3-4-15-7(8)6(17-19(12,13)14)5-16-18(9,10)11/h6H,2-5H2,1H3,(H2,9,10,11)(H2,12,13,14). The Hall–Kier alpha value is -0.310. The first-order valence-corrected chi connectivity index (χ1v) is 8.22. The molecule has 0 aliphatic carbocycles. The van der Waals surface area contributed by atoms with Crippen molar-refractivity contribution in [1.29, 1.82) is 0 Å². The molecule has 0 amide bonds. The minimum absolute atomic E-state index is 0.00768. The van der Waals surface area contributed by atoms with E-state index < -0.39 is 34.3 Å². The normalized spacial score (nSPS) is 14.2. The van der Waals surface area contributed by atoms with Crippen LogP contribution in [0.1, 0.15) is 19.8 Å². The van der Waals surface area contributed by atoms with Crippen LogP contribution in [0, 0.1) is 0 Å². The molecule has 0 radical (unpaired) electrons. The molecule has 1 unspecified atom stereocenters. The van der Waals surface area contributed by atoms with E-state index in [2.05, 4.69) is 13.8 Å². The number of rotatable bonds is 9. The highest BCUT2D eigenvalue weighted by atomic mass is 31.2. The summed E-state index contributed by atoms with van der Waals surface area (Å²) in [5.74, 6) is -1.18. The molecule has 0 bridgehead atoms. The van der Waals surface area contributed by atoms with Crippen LogP contribution in [0.2, 0.25) is 0 Å². The molecule has 114 valence electrons. The molecule has 0 fully saturated rings. The first kappa shape index (κ1) is 18.7. The second kappa shape index (κ2) is 8.08. The zero-order chi connectivity index (χ0) is 15.1. The van der Waals surface area contributed by atoms with Crippen molar-refractivity contribution in [2.75, 3.05) is 13.2 Å². The molecule has 0 heterocycles. The topological polar surface area (TPSA) is 160 Å². The van der Waals surface area contributed by atoms with Crippen LogP contribution in [0.4, 0.5) is 0 Å². The lowest BCUT2D eigenvalue weighted by molar-refractivity contribution is -0.154. The van der Waals surface area contributed by atoms with Gasteiger partial charge in [-0.2, -0.15) is 0 Å². The van der Waals surface area contributed by atoms with E-state index in [1.807, 2.05) is 6.92 Å². The van der Waals surface area contributed by atoms with Crippen molar-refractivity contribution < 1.29 is 47.3 Å². The maximum absolute atomic E-state index is 11.4. The van der Waals surface area contributed by atoms with E-state index in [1.54, 1.807) is 0 Å². The summed E-state index contributed by atoms with van der Waals surface area (Å²) < 4.78 is 33.7. The number of phosphoric ester groups is 2. The van der Waals surface area contributed by atoms with E-state index in [1.165, 1.54) is 0 Å². The van der Waals surface area contributed by atoms with Crippen LogP contribution in [0.3, 0.4) is 0 Å². The van der Waals surface area contributed by atoms with Gasteiger partial charge in [-0.3, -0.25) is 9.05 Å². The summed E-state index contributed by atoms with van der Waals surface area (Å²) in [5.41, 5.74) is 0. The highest BCUT2D eigenvalue weighted by Gasteiger charge is 2.32. The zero-order valence-electron chi connectivity index (χ0n) is 10.0. The van der Waals surface area contributed by atoms with E-state index in [0.29, 0.717) is 6.42 Å². The van der Waals surface area contributed by atoms with Crippen molar-refractivity contribution in [3.05, 3.63) is 0 Å². The molecule has 0 rings (SSSR count). The maximum atomic E-state index is 11.4. The monoisotopic (exact) mass is 322 g/mol. The van der Waals surface area contributed by atoms with Gasteiger partial charge in [-0.1, -0.05) is 13.3 Å². The predicted molar refractivity (Wildman–Crippen MR) is 60.8 cm³/mol. The summed E-state index contributed by atoms with van der Waals surface area (Å²) >= 11 is 0. The van der Waals surface area contributed by atoms with Crippen molar-refractivity contribution in [2.45, 2.75) is 25.9 Å². The average molecular weight is 322 g/mol. The third-order valence-electron chi connectivity index (χ3n) is 1.66. The van der Waals surface area contributed by atoms with Gasteiger partial charge in [0.25, 0.3) is 0 Å². The molecule has 4 N–H and O–H groups in total. The quantitative estimate of drug-likeness (QED) is 0.257. The number of hydrogen-bond donors (Lipinski definition) is 4. The zero-order valence-corrected chi connectivity index (χ0v) is 11.8. The summed E-state index contributed by atoms with van der Waals surface area (Å²) in [5, 5.41) is 0. The minimum Gasteiger partial charge on any atom is -0.464 e. The van der Waals surface area contributed by atoms with Gasteiger partial charge in [-0.15, -0.1) is 0 Å². The molecule has 0 aromatic carbocycles. The van der Waals surface area contributed by atoms with Gasteiger partial charge in [-0.25, -0.2) is 13.9 Å². The fourth-order valence-electron chi connectivity index (χ4n) is 0.882. The Morgan fingerprint density at radius 2 is 1.74 bits per heavy atom. The van der Waals surface area contributed by atoms with Crippen LogP contribution >= 0.6 is 15.6 Å². The van der Waals surface area contributed by atoms with Gasteiger partial charge in [-0.05, 0) is 6.42 Å². The third-order valence-corrected chi connectivity index (χ3v) is 2.68. The molecular formula is C7H16O10P2. The molecule has 0 saturated carbocycles. The number of unbranched alkanes of at least 4 members (excludes halogenated alkanes) is 1. The molecule has 0 saturated heterocycles. The van der Waals surface area contributed by atoms with Gasteiger partial charge >= 0.3 is 21.6 Å². The number of carbonyl (C=O) groups excluding carboxylic acids is 1. The Balaban J connectivity index is 4.53. The lowest BCUT2D eigenvalue weighted by Crippen LogP contribution is -2.30. The number of carbonyl (C=O) groups is 1. The van der Waals surface area contributed by atoms with E-state index in [4.69, 9.17) is 19.6 Å². The molecule has 0 spiro atoms. The van der Waals surface area contributed by atoms with Crippen molar-refractivity contribution in [1.82, 2.24) is 0 Å². The van der Waals surface area contributed by atoms with E-state index >= 15 is 0 Å². The third kappa shape index (κ3) is 11.2. The van der Waals surface area contributed by atoms with Crippen LogP contribution in [0.25, 0.3) is 0 Å². The lowest BCUT2D eigenvalue weighted by atomic mass is 10.3. The summed E-state index contributed by atoms with van der Waals surface area (Å²) in [6, 6.07) is 0. The van der Waals surface area contributed by atoms with E-state index in [9.17, 15) is 13.9 Å². The summed E-state index contributed by atoms with van der Waals surface area (Å²) in [6.07, 6.45) is -0.686. The fourth-order valence-corrected chi connectivity index (χ4v) is 1.69. The van der Waals surface area contributed by atoms with Crippen LogP contribution in [-0.2, 0) is 27.7 Å². The Morgan fingerprint density at radius 1 is 1.16 bits per heavy atom. The Labute approximate surface area is 109 Å². The molecular weight excluding hydrogens is 306 g/mol. The molecule has 0 aromatic rings. The van der Waals surface area contributed by atoms with Gasteiger partial charge < -0.3 is 24.3 Å². The van der Waals surface area contributed by atoms with Crippen molar-refractivity contribution in [2.24, 2.45) is 0 Å². The summed E-state index contributed by atoms with van der Waals surface area (Å²) in [6.45, 7) is 0.779. The summed E-state index contributed by atoms with van der Waals surface area (Å²) in [4.78, 5) is 45.4. The van der Waals surface area contributed by atoms with E-state index in [0.717, 1.165) is 6.42 Å². The Kier molecular flexibility index (Phi) is 7.95. The van der Waals surface area contributed by atoms with Crippen LogP contribution in [-0.4, -0.2) is 44.9 Å². The van der Waals surface area contributed by atoms with E-state index in [-0.39, 0.29) is 6.61 Å².